The fourth-order valence-corrected chi connectivity index (χ4v) is 23.0. The molecule has 4 aromatic rings. The molecular formula is C105H130N14O26. The number of carbonyl (C=O) groups is 16. The lowest BCUT2D eigenvalue weighted by Gasteiger charge is -2.31. The number of carbonyl (C=O) groups excluding carboxylic acids is 16. The Bertz CT molecular complexity index is 5470. The van der Waals surface area contributed by atoms with Gasteiger partial charge in [-0.2, -0.15) is 0 Å². The lowest BCUT2D eigenvalue weighted by Crippen LogP contribution is -2.53. The Hall–Kier alpha value is -13.6. The van der Waals surface area contributed by atoms with Crippen LogP contribution in [0.3, 0.4) is 0 Å². The molecular weight excluding hydrogens is 1870 g/mol. The van der Waals surface area contributed by atoms with Crippen LogP contribution >= 0.6 is 0 Å². The average Bonchev–Trinajstić information content (AvgIpc) is 1.49. The van der Waals surface area contributed by atoms with Crippen molar-refractivity contribution in [2.45, 2.75) is 202 Å². The molecule has 18 atom stereocenters. The van der Waals surface area contributed by atoms with Crippen molar-refractivity contribution in [1.82, 2.24) is 51.5 Å². The first kappa shape index (κ1) is 104. The van der Waals surface area contributed by atoms with Crippen LogP contribution in [0.4, 0.5) is 32.3 Å². The van der Waals surface area contributed by atoms with Gasteiger partial charge >= 0.3 is 12.2 Å². The number of nitrogens with zero attached hydrogens (tertiary/aromatic N) is 6. The summed E-state index contributed by atoms with van der Waals surface area (Å²) in [4.78, 5) is 225. The SMILES string of the molecule is COc1cc2c(cc1OCCCCCOc1cc3c(cc1OC)C(=O)N1C=C(C)C[C@H]1[C@H](O)N3C(=O)OCc1ccc(NC(=O)[C@H](C)NC(=O)[C@@H](NC(=O)CCOCCNC(=O)CCN3C(=O)C4C(C3=O)C3C=CC4C34CC4C)C(C)C)cc1)N(C(=O)OCc1ccc(NC(=O)[C@H](C)NC(=O)[C@@H](NC(=O)CCOCCNC(=O)CCN3C(=O)C4C(C3=O)C3C=CC4C34CC4C)C(C)C)cc1)[C@@H](O)[C@@H]1CC(C)=CN1C2=O. The zero-order valence-corrected chi connectivity index (χ0v) is 83.6. The lowest BCUT2D eigenvalue weighted by atomic mass is 9.85. The smallest absolute Gasteiger partial charge is 0.416 e. The lowest BCUT2D eigenvalue weighted by molar-refractivity contribution is -0.143. The van der Waals surface area contributed by atoms with Crippen LogP contribution < -0.4 is 71.3 Å². The minimum absolute atomic E-state index is 0.00490. The van der Waals surface area contributed by atoms with Crippen molar-refractivity contribution in [3.63, 3.8) is 0 Å². The van der Waals surface area contributed by atoms with Crippen molar-refractivity contribution in [2.75, 3.05) is 100 Å². The molecule has 10 unspecified atom stereocenters. The Labute approximate surface area is 839 Å². The highest BCUT2D eigenvalue weighted by Gasteiger charge is 2.77. The van der Waals surface area contributed by atoms with Gasteiger partial charge in [-0.3, -0.25) is 76.9 Å². The molecule has 16 rings (SSSR count). The van der Waals surface area contributed by atoms with Crippen LogP contribution in [-0.4, -0.2) is 253 Å². The number of imide groups is 2. The van der Waals surface area contributed by atoms with Gasteiger partial charge in [-0.1, -0.05) is 101 Å². The molecule has 16 amide bonds. The number of aliphatic hydroxyl groups is 2. The van der Waals surface area contributed by atoms with Crippen LogP contribution in [0.5, 0.6) is 23.0 Å². The largest absolute Gasteiger partial charge is 0.493 e. The Morgan fingerprint density at radius 1 is 0.434 bits per heavy atom. The van der Waals surface area contributed by atoms with Gasteiger partial charge in [-0.15, -0.1) is 0 Å². The number of hydrogen-bond acceptors (Lipinski definition) is 26. The van der Waals surface area contributed by atoms with Crippen molar-refractivity contribution in [2.24, 2.45) is 81.8 Å². The molecule has 145 heavy (non-hydrogen) atoms. The number of ether oxygens (including phenoxy) is 8. The van der Waals surface area contributed by atoms with Crippen molar-refractivity contribution in [3.8, 4) is 23.0 Å². The van der Waals surface area contributed by atoms with Gasteiger partial charge in [0.2, 0.25) is 70.9 Å². The zero-order chi connectivity index (χ0) is 104. The van der Waals surface area contributed by atoms with Crippen molar-refractivity contribution < 1.29 is 125 Å². The number of benzene rings is 4. The van der Waals surface area contributed by atoms with E-state index in [1.54, 1.807) is 102 Å². The fourth-order valence-electron chi connectivity index (χ4n) is 23.0. The fraction of sp³-hybridized carbons (Fsp3) is 0.543. The number of nitrogens with one attached hydrogen (secondary N) is 8. The van der Waals surface area contributed by atoms with E-state index in [1.165, 1.54) is 71.9 Å². The molecule has 6 aliphatic heterocycles. The van der Waals surface area contributed by atoms with Gasteiger partial charge < -0.3 is 100 Å². The van der Waals surface area contributed by atoms with Gasteiger partial charge in [0.1, 0.15) is 37.4 Å². The number of hydrogen-bond donors (Lipinski definition) is 10. The molecule has 776 valence electrons. The summed E-state index contributed by atoms with van der Waals surface area (Å²) in [5, 5.41) is 46.0. The maximum Gasteiger partial charge on any atom is 0.416 e. The Morgan fingerprint density at radius 2 is 0.786 bits per heavy atom. The van der Waals surface area contributed by atoms with E-state index < -0.39 is 108 Å². The standard InChI is InChI=1S/C105H130N14O26/c1-54(2)88(112-82(122)30-38-140-40-32-106-80(120)28-34-114-98(132)84-68-24-25-69(85(84)99(114)133)104(68)48-58(104)7)92(126)108-60(9)90(124)110-64-20-16-62(17-21-64)52-144-102(136)118-72-46-78(76(138-11)44-66(72)94(128)116-50-56(5)42-74(116)96(118)130)142-36-14-13-15-37-143-79-47-73-67(45-77(79)139-12)95(129)117-51-57(6)43-75(117)97(131)119(73)103(137)145-53-63-18-22-65(23-19-63)111-91(125)61(10)109-93(127)89(55(3)4)113-83(123)31-39-141-41-33-107-81(121)29-35-115-100(134)86-70-26-27-71(87(86)101(115)135)105(70)49-59(105)8/h16-27,44-47,50-51,54-55,58-61,68-71,74-75,84-89,96-97,130-131H,13-15,28-43,48-49,52-53H2,1-12H3,(H,106,120)(H,107,121)(H,108,126)(H,109,127)(H,110,124)(H,111,125)(H,112,122)(H,113,123)/t58?,59?,60-,61-,68?,69?,70?,71?,74-,75-,84?,85?,86?,87?,88-,89-,96-,97-,104?,105?/m0/s1. The number of unbranched alkanes of at least 4 members (excludes halogenated alkanes) is 2. The van der Waals surface area contributed by atoms with Crippen LogP contribution in [0.15, 0.2) is 121 Å². The molecule has 10 N–H and O–H groups in total. The Balaban J connectivity index is 0.455. The van der Waals surface area contributed by atoms with E-state index in [2.05, 4.69) is 80.7 Å². The number of aliphatic hydroxyl groups excluding tert-OH is 2. The van der Waals surface area contributed by atoms with Gasteiger partial charge in [-0.25, -0.2) is 19.4 Å². The number of allylic oxidation sites excluding steroid dienone is 4. The van der Waals surface area contributed by atoms with Gasteiger partial charge in [-0.05, 0) is 178 Å². The Morgan fingerprint density at radius 3 is 1.12 bits per heavy atom. The normalized spacial score (nSPS) is 26.2. The molecule has 2 saturated heterocycles. The molecule has 0 aromatic heterocycles. The Kier molecular flexibility index (Phi) is 31.5. The predicted octanol–water partition coefficient (Wildman–Crippen LogP) is 7.40. The van der Waals surface area contributed by atoms with E-state index in [0.29, 0.717) is 53.6 Å². The van der Waals surface area contributed by atoms with Gasteiger partial charge in [0.05, 0.1) is 112 Å². The van der Waals surface area contributed by atoms with Crippen LogP contribution in [-0.2, 0) is 89.7 Å². The van der Waals surface area contributed by atoms with Gasteiger partial charge in [0.15, 0.2) is 35.5 Å². The maximum absolute atomic E-state index is 14.5. The van der Waals surface area contributed by atoms with Crippen molar-refractivity contribution >= 4 is 118 Å². The van der Waals surface area contributed by atoms with Gasteiger partial charge in [0.25, 0.3) is 11.8 Å². The summed E-state index contributed by atoms with van der Waals surface area (Å²) in [6.07, 6.45) is 10.0. The van der Waals surface area contributed by atoms with E-state index in [1.807, 2.05) is 0 Å². The van der Waals surface area contributed by atoms with Crippen LogP contribution in [0.1, 0.15) is 172 Å². The molecule has 2 spiro atoms. The second-order valence-corrected chi connectivity index (χ2v) is 40.8. The first-order valence-corrected chi connectivity index (χ1v) is 50.1. The number of rotatable bonds is 44. The number of anilines is 4. The van der Waals surface area contributed by atoms with Crippen molar-refractivity contribution in [3.05, 3.63) is 143 Å². The second kappa shape index (κ2) is 43.8. The monoisotopic (exact) mass is 2000 g/mol. The number of amides is 16. The number of fused-ring (bicyclic) bond motifs is 10. The molecule has 4 saturated carbocycles. The molecule has 4 bridgehead atoms. The zero-order valence-electron chi connectivity index (χ0n) is 83.6. The highest BCUT2D eigenvalue weighted by molar-refractivity contribution is 6.10. The minimum Gasteiger partial charge on any atom is -0.493 e. The first-order valence-electron chi connectivity index (χ1n) is 50.1. The highest BCUT2D eigenvalue weighted by Crippen LogP contribution is 2.77. The van der Waals surface area contributed by atoms with Crippen LogP contribution in [0, 0.1) is 81.8 Å². The summed E-state index contributed by atoms with van der Waals surface area (Å²) in [5.74, 6) is -6.10. The quantitative estimate of drug-likeness (QED) is 0.0117. The number of methoxy groups -OCH3 is 2. The third-order valence-electron chi connectivity index (χ3n) is 30.7. The topological polar surface area (TPSA) is 503 Å². The van der Waals surface area contributed by atoms with Crippen molar-refractivity contribution in [1.29, 1.82) is 0 Å². The molecule has 6 fully saturated rings. The van der Waals surface area contributed by atoms with E-state index in [4.69, 9.17) is 37.9 Å². The first-order chi connectivity index (χ1) is 69.4. The highest BCUT2D eigenvalue weighted by atomic mass is 16.6. The van der Waals surface area contributed by atoms with E-state index >= 15 is 0 Å². The van der Waals surface area contributed by atoms with E-state index in [9.17, 15) is 86.9 Å². The molecule has 0 radical (unpaired) electrons. The van der Waals surface area contributed by atoms with Crippen LogP contribution in [0.2, 0.25) is 0 Å². The number of likely N-dealkylation sites (tertiary alicyclic amines) is 2. The summed E-state index contributed by atoms with van der Waals surface area (Å²) in [7, 11) is 2.78. The summed E-state index contributed by atoms with van der Waals surface area (Å²) in [6.45, 7) is 17.8. The van der Waals surface area contributed by atoms with Crippen LogP contribution in [0.25, 0.3) is 0 Å². The third kappa shape index (κ3) is 21.2. The maximum atomic E-state index is 14.5. The van der Waals surface area contributed by atoms with Gasteiger partial charge in [0, 0.05) is 87.8 Å². The molecule has 6 heterocycles. The minimum atomic E-state index is -1.61. The molecule has 6 aliphatic carbocycles. The molecule has 40 heteroatoms. The second-order valence-electron chi connectivity index (χ2n) is 40.8. The summed E-state index contributed by atoms with van der Waals surface area (Å²) < 4.78 is 47.0. The predicted molar refractivity (Wildman–Crippen MR) is 522 cm³/mol. The van der Waals surface area contributed by atoms with E-state index in [-0.39, 0.29) is 269 Å². The summed E-state index contributed by atoms with van der Waals surface area (Å²) in [5.41, 5.74) is 3.21. The molecule has 40 nitrogen and oxygen atoms in total. The summed E-state index contributed by atoms with van der Waals surface area (Å²) >= 11 is 0. The molecule has 4 aromatic carbocycles. The van der Waals surface area contributed by atoms with E-state index in [0.717, 1.165) is 33.8 Å². The third-order valence-corrected chi connectivity index (χ3v) is 30.7. The molecule has 12 aliphatic rings. The average molecular weight is 2000 g/mol. The summed E-state index contributed by atoms with van der Waals surface area (Å²) in [6, 6.07) is 12.4.